The molecule has 0 aliphatic carbocycles. The average Bonchev–Trinajstić information content (AvgIpc) is 0.760. The Balaban J connectivity index is 0.000000251. The van der Waals surface area contributed by atoms with Crippen molar-refractivity contribution in [3.05, 3.63) is 249 Å². The zero-order valence-corrected chi connectivity index (χ0v) is 65.5. The lowest BCUT2D eigenvalue weighted by molar-refractivity contribution is -0.167. The lowest BCUT2D eigenvalue weighted by Crippen LogP contribution is -2.56. The molecule has 114 heavy (non-hydrogen) atoms. The number of carboxylic acid groups (broad SMARTS) is 2. The molecule has 0 bridgehead atoms. The number of esters is 2. The van der Waals surface area contributed by atoms with Gasteiger partial charge in [-0.1, -0.05) is 36.4 Å². The number of ether oxygens (including phenoxy) is 2. The SMILES string of the molecule is CC(C)(C)OC(=O)C(C)(C)CC(=O)Cc1ccc([N+]2(C)C(=N)C(=C(O)c3ccc(F)cc3F)C=CC2=O)cc1.CC(C)(C)OC(=O)C(C)(C)N.CC(C)(CC(=O)Cc1ccc([N+]2(C)C(=N)C(=C(O)c3ccc(F)cc3F)C=CC2=O)cc1)C(=O)O.C[N+]1(c2ccc(CC(=O)O)cc2)C(=N)C(=C(O)c2ccc(F)cc2F)C=CC1=O. The average molecular weight is 1580 g/mol. The van der Waals surface area contributed by atoms with Crippen LogP contribution < -0.4 is 19.2 Å². The third-order valence-electron chi connectivity index (χ3n) is 18.2. The van der Waals surface area contributed by atoms with E-state index >= 15 is 0 Å². The number of rotatable bonds is 19. The predicted octanol–water partition coefficient (Wildman–Crippen LogP) is 15.0. The van der Waals surface area contributed by atoms with Gasteiger partial charge in [-0.15, -0.1) is 0 Å². The van der Waals surface area contributed by atoms with Gasteiger partial charge in [0.05, 0.1) is 71.8 Å². The maximum atomic E-state index is 14.3. The van der Waals surface area contributed by atoms with Gasteiger partial charge in [-0.3, -0.25) is 28.8 Å². The monoisotopic (exact) mass is 1580 g/mol. The van der Waals surface area contributed by atoms with Crippen molar-refractivity contribution in [3.8, 4) is 0 Å². The molecule has 3 aliphatic heterocycles. The number of likely N-dealkylation sites (N-methyl/N-ethyl adjacent to an activating group) is 3. The fourth-order valence-corrected chi connectivity index (χ4v) is 11.5. The highest BCUT2D eigenvalue weighted by molar-refractivity contribution is 6.27. The minimum atomic E-state index is -1.19. The van der Waals surface area contributed by atoms with Crippen LogP contribution in [0.25, 0.3) is 17.3 Å². The molecule has 9 rings (SSSR count). The second-order valence-corrected chi connectivity index (χ2v) is 31.4. The number of quaternary nitrogens is 3. The largest absolute Gasteiger partial charge is 0.506 e. The number of hydrogen-bond acceptors (Lipinski definition) is 18. The Kier molecular flexibility index (Phi) is 28.0. The lowest BCUT2D eigenvalue weighted by atomic mass is 9.85. The summed E-state index contributed by atoms with van der Waals surface area (Å²) >= 11 is 0. The molecule has 10 N–H and O–H groups in total. The zero-order chi connectivity index (χ0) is 86.1. The first-order chi connectivity index (χ1) is 52.5. The van der Waals surface area contributed by atoms with Crippen molar-refractivity contribution in [1.82, 2.24) is 13.4 Å². The first-order valence-electron chi connectivity index (χ1n) is 35.2. The van der Waals surface area contributed by atoms with E-state index in [9.17, 15) is 89.9 Å². The summed E-state index contributed by atoms with van der Waals surface area (Å²) in [5.41, 5.74) is 2.98. The van der Waals surface area contributed by atoms with Crippen molar-refractivity contribution >= 4 is 105 Å². The number of nitrogens with one attached hydrogen (secondary N) is 3. The lowest BCUT2D eigenvalue weighted by Gasteiger charge is -2.32. The van der Waals surface area contributed by atoms with Gasteiger partial charge < -0.3 is 40.7 Å². The van der Waals surface area contributed by atoms with E-state index in [0.29, 0.717) is 52.0 Å². The number of amides is 3. The molecular formula is C85H92F6N7O16+3. The molecule has 0 aromatic heterocycles. The predicted molar refractivity (Wildman–Crippen MR) is 419 cm³/mol. The van der Waals surface area contributed by atoms with Crippen LogP contribution in [-0.2, 0) is 71.9 Å². The molecule has 0 saturated heterocycles. The van der Waals surface area contributed by atoms with Gasteiger partial charge in [0.1, 0.15) is 97.6 Å². The number of halogens is 6. The summed E-state index contributed by atoms with van der Waals surface area (Å²) in [7, 11) is 4.35. The quantitative estimate of drug-likeness (QED) is 0.0157. The number of aliphatic carboxylic acids is 2. The molecule has 3 unspecified atom stereocenters. The minimum absolute atomic E-state index is 0.00177. The molecule has 3 atom stereocenters. The summed E-state index contributed by atoms with van der Waals surface area (Å²) in [4.78, 5) is 109. The van der Waals surface area contributed by atoms with Crippen molar-refractivity contribution in [2.24, 2.45) is 16.6 Å². The Morgan fingerprint density at radius 1 is 0.386 bits per heavy atom. The number of carboxylic acids is 2. The normalized spacial score (nSPS) is 19.1. The Morgan fingerprint density at radius 3 is 0.886 bits per heavy atom. The van der Waals surface area contributed by atoms with Crippen molar-refractivity contribution < 1.29 is 104 Å². The smallest absolute Gasteiger partial charge is 0.349 e. The maximum Gasteiger partial charge on any atom is 0.349 e. The molecule has 0 radical (unpaired) electrons. The number of carbonyl (C=O) groups excluding carboxylic acids is 7. The standard InChI is InChI=1S/C30H32F2N2O5.C26H24F2N2O5.C21H16F2N2O4.C8H17NO2/c1-29(2,3)39-28(38)30(4,5)17-21(35)15-18-7-10-20(11-8-18)34(6)25(36)14-13-23(27(34)33)26(37)22-12-9-19(31)16-24(22)32;1-26(2,25(34)35)14-18(31)12-15-4-7-17(8-5-15)30(3)22(32)11-10-20(24(30)29)23(33)19-9-6-16(27)13-21(19)28;1-25(14-5-2-12(3-6-14)10-19(27)28)18(26)9-8-16(21(25)24)20(29)15-7-4-13(22)11-17(15)23;1-7(2,3)11-6(10)8(4,5)9/h7-14,16H,15,17H2,1-6H3,(H-,33,36,37);4-11,13H,12,14H2,1-3H3,(H2-,29,32,33,34,35);2-9,11H,10H2,1H3,(H2-,24,26,27,28,29);9H2,1-5H3/p+3. The number of Topliss-reactive ketones (excluding diaryl/α,β-unsaturated/α-hetero) is 2. The Bertz CT molecular complexity index is 5080. The highest BCUT2D eigenvalue weighted by Gasteiger charge is 2.48. The van der Waals surface area contributed by atoms with E-state index in [1.165, 1.54) is 83.6 Å². The van der Waals surface area contributed by atoms with Gasteiger partial charge in [0.25, 0.3) is 0 Å². The van der Waals surface area contributed by atoms with E-state index in [2.05, 4.69) is 0 Å². The molecule has 602 valence electrons. The Labute approximate surface area is 654 Å². The molecule has 6 aromatic carbocycles. The van der Waals surface area contributed by atoms with E-state index in [-0.39, 0.29) is 101 Å². The number of nitrogens with two attached hydrogens (primary N) is 1. The highest BCUT2D eigenvalue weighted by Crippen LogP contribution is 2.38. The van der Waals surface area contributed by atoms with Crippen LogP contribution in [0.5, 0.6) is 0 Å². The van der Waals surface area contributed by atoms with Gasteiger partial charge in [-0.25, -0.2) is 57.0 Å². The fourth-order valence-electron chi connectivity index (χ4n) is 11.5. The van der Waals surface area contributed by atoms with Gasteiger partial charge >= 0.3 is 41.6 Å². The summed E-state index contributed by atoms with van der Waals surface area (Å²) in [6.45, 7) is 20.2. The van der Waals surface area contributed by atoms with Crippen LogP contribution in [-0.4, -0.2) is 134 Å². The van der Waals surface area contributed by atoms with Crippen LogP contribution in [0.1, 0.15) is 129 Å². The van der Waals surface area contributed by atoms with E-state index in [1.807, 2.05) is 20.8 Å². The maximum absolute atomic E-state index is 14.3. The van der Waals surface area contributed by atoms with Crippen LogP contribution in [0.3, 0.4) is 0 Å². The molecule has 0 fully saturated rings. The number of ketones is 2. The molecule has 3 aliphatic rings. The Hall–Kier alpha value is -12.2. The second-order valence-electron chi connectivity index (χ2n) is 31.4. The molecule has 0 saturated carbocycles. The summed E-state index contributed by atoms with van der Waals surface area (Å²) in [5.74, 6) is -13.0. The van der Waals surface area contributed by atoms with E-state index < -0.39 is 129 Å². The first kappa shape index (κ1) is 90.7. The topological polar surface area (TPSA) is 371 Å². The molecule has 3 amide bonds. The second kappa shape index (κ2) is 35.2. The van der Waals surface area contributed by atoms with Crippen molar-refractivity contribution in [1.29, 1.82) is 16.2 Å². The summed E-state index contributed by atoms with van der Waals surface area (Å²) in [6, 6.07) is 26.9. The van der Waals surface area contributed by atoms with Crippen molar-refractivity contribution in [2.75, 3.05) is 21.1 Å². The molecule has 6 aromatic rings. The molecular weight excluding hydrogens is 1490 g/mol. The number of benzene rings is 6. The van der Waals surface area contributed by atoms with Gasteiger partial charge in [-0.05, 0) is 154 Å². The van der Waals surface area contributed by atoms with E-state index in [0.717, 1.165) is 48.6 Å². The van der Waals surface area contributed by atoms with Crippen molar-refractivity contribution in [3.63, 3.8) is 0 Å². The van der Waals surface area contributed by atoms with Gasteiger partial charge in [0.15, 0.2) is 0 Å². The van der Waals surface area contributed by atoms with E-state index in [1.54, 1.807) is 97.0 Å². The highest BCUT2D eigenvalue weighted by atomic mass is 19.2. The summed E-state index contributed by atoms with van der Waals surface area (Å²) in [6.07, 6.45) is 6.86. The minimum Gasteiger partial charge on any atom is -0.506 e. The van der Waals surface area contributed by atoms with Crippen LogP contribution in [0.2, 0.25) is 0 Å². The number of hydrogen-bond donors (Lipinski definition) is 9. The first-order valence-corrected chi connectivity index (χ1v) is 35.2. The third-order valence-corrected chi connectivity index (χ3v) is 18.2. The molecule has 23 nitrogen and oxygen atoms in total. The summed E-state index contributed by atoms with van der Waals surface area (Å²) < 4.78 is 90.8. The number of carbonyl (C=O) groups is 9. The van der Waals surface area contributed by atoms with Gasteiger partial charge in [0, 0.05) is 98.5 Å². The zero-order valence-electron chi connectivity index (χ0n) is 65.5. The number of nitrogens with zero attached hydrogens (tertiary/aromatic N) is 3. The molecule has 3 heterocycles. The van der Waals surface area contributed by atoms with E-state index in [4.69, 9.17) is 36.5 Å². The fraction of sp³-hybridized carbons (Fsp3) is 0.294. The van der Waals surface area contributed by atoms with Crippen LogP contribution in [0, 0.1) is 62.0 Å². The van der Waals surface area contributed by atoms with Crippen LogP contribution in [0.15, 0.2) is 181 Å². The number of amidine groups is 3. The summed E-state index contributed by atoms with van der Waals surface area (Å²) in [5, 5.41) is 75.9. The van der Waals surface area contributed by atoms with Gasteiger partial charge in [0.2, 0.25) is 17.5 Å². The number of aliphatic hydroxyl groups excluding tert-OH is 3. The van der Waals surface area contributed by atoms with Crippen LogP contribution in [0.4, 0.5) is 43.4 Å². The number of aliphatic hydroxyl groups is 3. The third kappa shape index (κ3) is 21.7. The molecule has 0 spiro atoms. The van der Waals surface area contributed by atoms with Crippen LogP contribution >= 0.6 is 0 Å². The molecule has 29 heteroatoms. The van der Waals surface area contributed by atoms with Gasteiger partial charge in [-0.2, -0.15) is 13.4 Å². The van der Waals surface area contributed by atoms with Crippen molar-refractivity contribution in [2.45, 2.75) is 132 Å². The Morgan fingerprint density at radius 2 is 0.649 bits per heavy atom.